The van der Waals surface area contributed by atoms with Gasteiger partial charge in [-0.05, 0) is 52.3 Å². The van der Waals surface area contributed by atoms with Crippen LogP contribution in [0.5, 0.6) is 0 Å². The number of halogens is 1. The average Bonchev–Trinajstić information content (AvgIpc) is 2.19. The molecule has 0 saturated heterocycles. The van der Waals surface area contributed by atoms with Crippen molar-refractivity contribution in [3.05, 3.63) is 33.8 Å². The summed E-state index contributed by atoms with van der Waals surface area (Å²) in [6.45, 7) is 8.86. The van der Waals surface area contributed by atoms with Crippen LogP contribution in [0.25, 0.3) is 0 Å². The number of benzene rings is 1. The summed E-state index contributed by atoms with van der Waals surface area (Å²) < 4.78 is 0.899. The van der Waals surface area contributed by atoms with Crippen LogP contribution in [0.4, 0.5) is 0 Å². The Hall–Kier alpha value is -0.870. The molecule has 0 spiro atoms. The molecule has 0 fully saturated rings. The monoisotopic (exact) mass is 313 g/mol. The van der Waals surface area contributed by atoms with E-state index in [4.69, 9.17) is 0 Å². The Morgan fingerprint density at radius 2 is 1.83 bits per heavy atom. The van der Waals surface area contributed by atoms with E-state index in [1.54, 1.807) is 33.8 Å². The van der Waals surface area contributed by atoms with Crippen LogP contribution in [-0.4, -0.2) is 22.2 Å². The molecule has 2 N–H and O–H groups in total. The molecule has 0 unspecified atom stereocenters. The molecule has 1 amide bonds. The highest BCUT2D eigenvalue weighted by Gasteiger charge is 2.36. The zero-order valence-corrected chi connectivity index (χ0v) is 13.1. The molecule has 1 rings (SSSR count). The Balaban J connectivity index is 3.00. The number of carbonyl (C=O) groups excluding carboxylic acids is 1. The lowest BCUT2D eigenvalue weighted by atomic mass is 9.85. The first kappa shape index (κ1) is 15.2. The van der Waals surface area contributed by atoms with E-state index in [2.05, 4.69) is 21.2 Å². The van der Waals surface area contributed by atoms with Gasteiger partial charge >= 0.3 is 0 Å². The van der Waals surface area contributed by atoms with Gasteiger partial charge in [0.1, 0.15) is 0 Å². The normalized spacial score (nSPS) is 12.4. The minimum atomic E-state index is -0.997. The summed E-state index contributed by atoms with van der Waals surface area (Å²) in [4.78, 5) is 12.2. The van der Waals surface area contributed by atoms with Crippen LogP contribution < -0.4 is 5.32 Å². The van der Waals surface area contributed by atoms with Gasteiger partial charge in [0.15, 0.2) is 0 Å². The van der Waals surface area contributed by atoms with Gasteiger partial charge in [-0.25, -0.2) is 0 Å². The topological polar surface area (TPSA) is 49.3 Å². The number of aliphatic hydroxyl groups is 1. The van der Waals surface area contributed by atoms with Crippen LogP contribution in [0.2, 0.25) is 0 Å². The summed E-state index contributed by atoms with van der Waals surface area (Å²) in [5.41, 5.74) is -0.204. The van der Waals surface area contributed by atoms with Crippen LogP contribution in [-0.2, 0) is 0 Å². The Bertz CT molecular complexity index is 461. The molecule has 0 aliphatic rings. The molecule has 100 valence electrons. The van der Waals surface area contributed by atoms with Crippen molar-refractivity contribution in [2.24, 2.45) is 0 Å². The number of hydrogen-bond acceptors (Lipinski definition) is 2. The minimum absolute atomic E-state index is 0.180. The Kier molecular flexibility index (Phi) is 4.23. The molecule has 18 heavy (non-hydrogen) atoms. The molecule has 0 aliphatic carbocycles. The van der Waals surface area contributed by atoms with Crippen molar-refractivity contribution in [2.45, 2.75) is 45.8 Å². The molecule has 3 nitrogen and oxygen atoms in total. The van der Waals surface area contributed by atoms with Crippen molar-refractivity contribution in [3.63, 3.8) is 0 Å². The maximum absolute atomic E-state index is 12.2. The maximum atomic E-state index is 12.2. The Labute approximate surface area is 117 Å². The van der Waals surface area contributed by atoms with E-state index in [0.717, 1.165) is 10.0 Å². The van der Waals surface area contributed by atoms with Crippen LogP contribution in [0.1, 0.15) is 43.6 Å². The molecule has 4 heteroatoms. The first-order valence-electron chi connectivity index (χ1n) is 5.86. The van der Waals surface area contributed by atoms with Gasteiger partial charge in [-0.15, -0.1) is 0 Å². The van der Waals surface area contributed by atoms with E-state index in [1.807, 2.05) is 19.1 Å². The number of carbonyl (C=O) groups is 1. The predicted octanol–water partition coefficient (Wildman–Crippen LogP) is 3.04. The third-order valence-electron chi connectivity index (χ3n) is 3.47. The SMILES string of the molecule is Cc1c(Br)cccc1C(=O)NC(C)(C)C(C)(C)O. The van der Waals surface area contributed by atoms with Crippen LogP contribution in [0.15, 0.2) is 22.7 Å². The van der Waals surface area contributed by atoms with Gasteiger partial charge in [0, 0.05) is 10.0 Å². The minimum Gasteiger partial charge on any atom is -0.388 e. The number of amides is 1. The van der Waals surface area contributed by atoms with Crippen LogP contribution in [0.3, 0.4) is 0 Å². The fourth-order valence-electron chi connectivity index (χ4n) is 1.36. The maximum Gasteiger partial charge on any atom is 0.252 e. The summed E-state index contributed by atoms with van der Waals surface area (Å²) in [5.74, 6) is -0.180. The summed E-state index contributed by atoms with van der Waals surface area (Å²) in [7, 11) is 0. The molecule has 0 aromatic heterocycles. The molecule has 0 saturated carbocycles. The summed E-state index contributed by atoms with van der Waals surface area (Å²) >= 11 is 3.40. The van der Waals surface area contributed by atoms with Crippen molar-refractivity contribution in [2.75, 3.05) is 0 Å². The second-order valence-corrected chi connectivity index (χ2v) is 6.40. The third kappa shape index (κ3) is 3.12. The van der Waals surface area contributed by atoms with Gasteiger partial charge in [0.05, 0.1) is 11.1 Å². The molecule has 1 aromatic carbocycles. The van der Waals surface area contributed by atoms with E-state index in [9.17, 15) is 9.90 Å². The smallest absolute Gasteiger partial charge is 0.252 e. The zero-order chi connectivity index (χ0) is 14.1. The molecule has 0 atom stereocenters. The molecule has 0 radical (unpaired) electrons. The zero-order valence-electron chi connectivity index (χ0n) is 11.5. The molecule has 0 heterocycles. The fourth-order valence-corrected chi connectivity index (χ4v) is 1.72. The lowest BCUT2D eigenvalue weighted by Gasteiger charge is -2.38. The van der Waals surface area contributed by atoms with Crippen LogP contribution >= 0.6 is 15.9 Å². The number of nitrogens with one attached hydrogen (secondary N) is 1. The molecule has 0 aliphatic heterocycles. The van der Waals surface area contributed by atoms with Crippen molar-refractivity contribution >= 4 is 21.8 Å². The van der Waals surface area contributed by atoms with Crippen molar-refractivity contribution in [3.8, 4) is 0 Å². The molecular formula is C14H20BrNO2. The predicted molar refractivity (Wildman–Crippen MR) is 76.7 cm³/mol. The van der Waals surface area contributed by atoms with E-state index in [1.165, 1.54) is 0 Å². The summed E-state index contributed by atoms with van der Waals surface area (Å²) in [6, 6.07) is 5.49. The van der Waals surface area contributed by atoms with E-state index in [-0.39, 0.29) is 5.91 Å². The second kappa shape index (κ2) is 5.02. The van der Waals surface area contributed by atoms with Gasteiger partial charge in [0.2, 0.25) is 0 Å². The lowest BCUT2D eigenvalue weighted by Crippen LogP contribution is -2.57. The fraction of sp³-hybridized carbons (Fsp3) is 0.500. The Morgan fingerprint density at radius 1 is 1.28 bits per heavy atom. The van der Waals surface area contributed by atoms with Gasteiger partial charge in [-0.1, -0.05) is 22.0 Å². The highest BCUT2D eigenvalue weighted by atomic mass is 79.9. The van der Waals surface area contributed by atoms with Gasteiger partial charge in [-0.3, -0.25) is 4.79 Å². The van der Waals surface area contributed by atoms with Crippen molar-refractivity contribution < 1.29 is 9.90 Å². The number of rotatable bonds is 3. The quantitative estimate of drug-likeness (QED) is 0.901. The van der Waals surface area contributed by atoms with Gasteiger partial charge < -0.3 is 10.4 Å². The first-order chi connectivity index (χ1) is 8.06. The second-order valence-electron chi connectivity index (χ2n) is 5.55. The standard InChI is InChI=1S/C14H20BrNO2/c1-9-10(7-6-8-11(9)15)12(17)16-13(2,3)14(4,5)18/h6-8,18H,1-5H3,(H,16,17). The lowest BCUT2D eigenvalue weighted by molar-refractivity contribution is -0.00294. The van der Waals surface area contributed by atoms with Gasteiger partial charge in [0.25, 0.3) is 5.91 Å². The summed E-state index contributed by atoms with van der Waals surface area (Å²) in [6.07, 6.45) is 0. The van der Waals surface area contributed by atoms with E-state index in [0.29, 0.717) is 5.56 Å². The first-order valence-corrected chi connectivity index (χ1v) is 6.65. The highest BCUT2D eigenvalue weighted by Crippen LogP contribution is 2.23. The van der Waals surface area contributed by atoms with E-state index < -0.39 is 11.1 Å². The largest absolute Gasteiger partial charge is 0.388 e. The molecule has 1 aromatic rings. The average molecular weight is 314 g/mol. The van der Waals surface area contributed by atoms with Crippen LogP contribution in [0, 0.1) is 6.92 Å². The molecule has 0 bridgehead atoms. The van der Waals surface area contributed by atoms with Gasteiger partial charge in [-0.2, -0.15) is 0 Å². The third-order valence-corrected chi connectivity index (χ3v) is 4.33. The molecular weight excluding hydrogens is 294 g/mol. The number of hydrogen-bond donors (Lipinski definition) is 2. The Morgan fingerprint density at radius 3 is 2.33 bits per heavy atom. The summed E-state index contributed by atoms with van der Waals surface area (Å²) in [5, 5.41) is 12.9. The van der Waals surface area contributed by atoms with Crippen molar-refractivity contribution in [1.29, 1.82) is 0 Å². The van der Waals surface area contributed by atoms with E-state index >= 15 is 0 Å². The highest BCUT2D eigenvalue weighted by molar-refractivity contribution is 9.10. The van der Waals surface area contributed by atoms with Crippen molar-refractivity contribution in [1.82, 2.24) is 5.32 Å².